The van der Waals surface area contributed by atoms with E-state index in [-0.39, 0.29) is 23.2 Å². The number of para-hydroxylation sites is 1. The second kappa shape index (κ2) is 7.32. The maximum Gasteiger partial charge on any atom is 0.274 e. The van der Waals surface area contributed by atoms with Gasteiger partial charge in [-0.15, -0.1) is 0 Å². The van der Waals surface area contributed by atoms with Gasteiger partial charge in [-0.3, -0.25) is 4.79 Å². The lowest BCUT2D eigenvalue weighted by atomic mass is 10.2. The van der Waals surface area contributed by atoms with Crippen LogP contribution in [-0.4, -0.2) is 48.9 Å². The fraction of sp³-hybridized carbons (Fsp3) is 0.333. The van der Waals surface area contributed by atoms with Gasteiger partial charge in [-0.2, -0.15) is 5.26 Å². The van der Waals surface area contributed by atoms with Crippen LogP contribution in [0, 0.1) is 18.3 Å². The Bertz CT molecular complexity index is 1030. The predicted octanol–water partition coefficient (Wildman–Crippen LogP) is 1.53. The Balaban J connectivity index is 1.85. The lowest BCUT2D eigenvalue weighted by Crippen LogP contribution is -2.33. The summed E-state index contributed by atoms with van der Waals surface area (Å²) < 4.78 is 23.5. The molecule has 0 saturated carbocycles. The summed E-state index contributed by atoms with van der Waals surface area (Å²) in [6, 6.07) is 10.1. The van der Waals surface area contributed by atoms with Crippen molar-refractivity contribution >= 4 is 27.2 Å². The van der Waals surface area contributed by atoms with Crippen LogP contribution in [0.1, 0.15) is 28.3 Å². The van der Waals surface area contributed by atoms with Gasteiger partial charge >= 0.3 is 0 Å². The molecule has 2 heterocycles. The Morgan fingerprint density at radius 2 is 2.07 bits per heavy atom. The Morgan fingerprint density at radius 1 is 1.33 bits per heavy atom. The minimum Gasteiger partial charge on any atom is -0.356 e. The molecule has 1 N–H and O–H groups in total. The number of benzene rings is 1. The van der Waals surface area contributed by atoms with Crippen LogP contribution in [0.25, 0.3) is 0 Å². The zero-order valence-corrected chi connectivity index (χ0v) is 15.8. The van der Waals surface area contributed by atoms with E-state index in [1.807, 2.05) is 6.07 Å². The van der Waals surface area contributed by atoms with E-state index < -0.39 is 15.7 Å². The normalized spacial score (nSPS) is 17.9. The van der Waals surface area contributed by atoms with Crippen LogP contribution in [0.3, 0.4) is 0 Å². The summed E-state index contributed by atoms with van der Waals surface area (Å²) in [5, 5.41) is 11.8. The van der Waals surface area contributed by atoms with Gasteiger partial charge in [0.15, 0.2) is 9.84 Å². The van der Waals surface area contributed by atoms with Crippen LogP contribution < -0.4 is 10.2 Å². The van der Waals surface area contributed by atoms with Gasteiger partial charge in [0.1, 0.15) is 23.4 Å². The number of nitrogens with one attached hydrogen (secondary N) is 1. The quantitative estimate of drug-likeness (QED) is 0.848. The van der Waals surface area contributed by atoms with Gasteiger partial charge in [0.25, 0.3) is 5.91 Å². The van der Waals surface area contributed by atoms with Gasteiger partial charge in [0, 0.05) is 19.2 Å². The summed E-state index contributed by atoms with van der Waals surface area (Å²) in [7, 11) is -1.26. The van der Waals surface area contributed by atoms with E-state index in [9.17, 15) is 13.2 Å². The number of carbonyl (C=O) groups excluding carboxylic acids is 1. The number of nitrogens with zero attached hydrogens (tertiary/aromatic N) is 4. The van der Waals surface area contributed by atoms with Crippen molar-refractivity contribution in [1.82, 2.24) is 9.97 Å². The first-order valence-electron chi connectivity index (χ1n) is 8.38. The number of anilines is 2. The summed E-state index contributed by atoms with van der Waals surface area (Å²) in [5.74, 6) is 0.660. The number of hydrogen-bond acceptors (Lipinski definition) is 7. The second-order valence-electron chi connectivity index (χ2n) is 6.44. The molecule has 1 aromatic heterocycles. The number of amides is 1. The molecule has 1 saturated heterocycles. The van der Waals surface area contributed by atoms with E-state index in [1.54, 1.807) is 43.1 Å². The van der Waals surface area contributed by atoms with E-state index in [0.717, 1.165) is 0 Å². The fourth-order valence-corrected chi connectivity index (χ4v) is 4.77. The van der Waals surface area contributed by atoms with E-state index in [0.29, 0.717) is 29.3 Å². The lowest BCUT2D eigenvalue weighted by molar-refractivity contribution is 0.102. The Morgan fingerprint density at radius 3 is 2.74 bits per heavy atom. The number of hydrogen-bond donors (Lipinski definition) is 1. The second-order valence-corrected chi connectivity index (χ2v) is 8.67. The zero-order chi connectivity index (χ0) is 19.6. The highest BCUT2D eigenvalue weighted by molar-refractivity contribution is 7.91. The molecule has 1 aliphatic heterocycles. The van der Waals surface area contributed by atoms with Crippen molar-refractivity contribution in [3.8, 4) is 6.07 Å². The van der Waals surface area contributed by atoms with Gasteiger partial charge < -0.3 is 10.2 Å². The van der Waals surface area contributed by atoms with Crippen LogP contribution >= 0.6 is 0 Å². The molecule has 27 heavy (non-hydrogen) atoms. The van der Waals surface area contributed by atoms with Gasteiger partial charge in [0.2, 0.25) is 0 Å². The zero-order valence-electron chi connectivity index (χ0n) is 15.0. The summed E-state index contributed by atoms with van der Waals surface area (Å²) in [6.07, 6.45) is 0.527. The molecule has 1 aliphatic rings. The average Bonchev–Trinajstić information content (AvgIpc) is 3.00. The SMILES string of the molecule is Cc1nc(C(=O)Nc2ccccc2C#N)cc(N(C)C2CCS(=O)(=O)C2)n1. The molecule has 140 valence electrons. The smallest absolute Gasteiger partial charge is 0.274 e. The van der Waals surface area contributed by atoms with Crippen LogP contribution in [0.4, 0.5) is 11.5 Å². The molecule has 0 aliphatic carbocycles. The van der Waals surface area contributed by atoms with E-state index >= 15 is 0 Å². The molecule has 1 aromatic carbocycles. The molecular weight excluding hydrogens is 366 g/mol. The van der Waals surface area contributed by atoms with Crippen molar-refractivity contribution in [2.24, 2.45) is 0 Å². The summed E-state index contributed by atoms with van der Waals surface area (Å²) in [5.41, 5.74) is 0.904. The molecule has 1 atom stereocenters. The first-order valence-corrected chi connectivity index (χ1v) is 10.2. The highest BCUT2D eigenvalue weighted by Crippen LogP contribution is 2.22. The summed E-state index contributed by atoms with van der Waals surface area (Å²) >= 11 is 0. The molecule has 1 fully saturated rings. The third-order valence-corrected chi connectivity index (χ3v) is 6.22. The Kier molecular flexibility index (Phi) is 5.10. The molecule has 1 unspecified atom stereocenters. The van der Waals surface area contributed by atoms with Crippen molar-refractivity contribution in [1.29, 1.82) is 5.26 Å². The van der Waals surface area contributed by atoms with E-state index in [1.165, 1.54) is 6.07 Å². The van der Waals surface area contributed by atoms with Gasteiger partial charge in [0.05, 0.1) is 22.8 Å². The average molecular weight is 385 g/mol. The Hall–Kier alpha value is -2.99. The maximum absolute atomic E-state index is 12.6. The molecule has 0 radical (unpaired) electrons. The highest BCUT2D eigenvalue weighted by atomic mass is 32.2. The predicted molar refractivity (Wildman–Crippen MR) is 101 cm³/mol. The first-order chi connectivity index (χ1) is 12.8. The van der Waals surface area contributed by atoms with Crippen LogP contribution in [0.5, 0.6) is 0 Å². The number of aryl methyl sites for hydroxylation is 1. The Labute approximate surface area is 157 Å². The fourth-order valence-electron chi connectivity index (χ4n) is 2.99. The molecule has 2 aromatic rings. The van der Waals surface area contributed by atoms with Crippen molar-refractivity contribution < 1.29 is 13.2 Å². The molecule has 9 heteroatoms. The standard InChI is InChI=1S/C18H19N5O3S/c1-12-20-16(18(24)22-15-6-4-3-5-13(15)10-19)9-17(21-12)23(2)14-7-8-27(25,26)11-14/h3-6,9,14H,7-8,11H2,1-2H3,(H,22,24). The number of nitriles is 1. The van der Waals surface area contributed by atoms with Crippen LogP contribution in [0.15, 0.2) is 30.3 Å². The van der Waals surface area contributed by atoms with Crippen LogP contribution in [0.2, 0.25) is 0 Å². The van der Waals surface area contributed by atoms with Crippen molar-refractivity contribution in [2.75, 3.05) is 28.8 Å². The van der Waals surface area contributed by atoms with Crippen molar-refractivity contribution in [3.63, 3.8) is 0 Å². The first kappa shape index (κ1) is 18.8. The molecular formula is C18H19N5O3S. The molecule has 1 amide bonds. The third-order valence-electron chi connectivity index (χ3n) is 4.47. The number of rotatable bonds is 4. The molecule has 0 bridgehead atoms. The highest BCUT2D eigenvalue weighted by Gasteiger charge is 2.31. The van der Waals surface area contributed by atoms with E-state index in [4.69, 9.17) is 5.26 Å². The van der Waals surface area contributed by atoms with E-state index in [2.05, 4.69) is 15.3 Å². The van der Waals surface area contributed by atoms with Gasteiger partial charge in [-0.1, -0.05) is 12.1 Å². The molecule has 0 spiro atoms. The lowest BCUT2D eigenvalue weighted by Gasteiger charge is -2.25. The number of sulfone groups is 1. The topological polar surface area (TPSA) is 116 Å². The summed E-state index contributed by atoms with van der Waals surface area (Å²) in [4.78, 5) is 22.9. The largest absolute Gasteiger partial charge is 0.356 e. The molecule has 8 nitrogen and oxygen atoms in total. The maximum atomic E-state index is 12.6. The monoisotopic (exact) mass is 385 g/mol. The van der Waals surface area contributed by atoms with Gasteiger partial charge in [-0.05, 0) is 25.5 Å². The van der Waals surface area contributed by atoms with Crippen molar-refractivity contribution in [3.05, 3.63) is 47.4 Å². The third kappa shape index (κ3) is 4.23. The number of carbonyl (C=O) groups is 1. The minimum atomic E-state index is -3.03. The number of aromatic nitrogens is 2. The molecule has 3 rings (SSSR count). The van der Waals surface area contributed by atoms with Crippen molar-refractivity contribution in [2.45, 2.75) is 19.4 Å². The minimum absolute atomic E-state index is 0.0730. The summed E-state index contributed by atoms with van der Waals surface area (Å²) in [6.45, 7) is 1.67. The van der Waals surface area contributed by atoms with Crippen LogP contribution in [-0.2, 0) is 9.84 Å². The van der Waals surface area contributed by atoms with Gasteiger partial charge in [-0.25, -0.2) is 18.4 Å².